The maximum absolute atomic E-state index is 14.1. The van der Waals surface area contributed by atoms with Gasteiger partial charge >= 0.3 is 0 Å². The van der Waals surface area contributed by atoms with Gasteiger partial charge in [0.25, 0.3) is 5.91 Å². The van der Waals surface area contributed by atoms with Gasteiger partial charge in [0.05, 0.1) is 17.8 Å². The van der Waals surface area contributed by atoms with E-state index in [1.54, 1.807) is 17.0 Å². The number of hydrogen-bond donors (Lipinski definition) is 1. The summed E-state index contributed by atoms with van der Waals surface area (Å²) in [4.78, 5) is 34.3. The molecule has 1 aliphatic carbocycles. The highest BCUT2D eigenvalue weighted by atomic mass is 19.1. The van der Waals surface area contributed by atoms with Crippen LogP contribution in [0.5, 0.6) is 0 Å². The van der Waals surface area contributed by atoms with Crippen molar-refractivity contribution in [3.05, 3.63) is 30.1 Å². The summed E-state index contributed by atoms with van der Waals surface area (Å²) < 4.78 is 14.1. The van der Waals surface area contributed by atoms with Crippen molar-refractivity contribution >= 4 is 23.3 Å². The zero-order valence-corrected chi connectivity index (χ0v) is 18.5. The average molecular weight is 443 g/mol. The molecule has 4 aliphatic rings. The maximum Gasteiger partial charge on any atom is 0.268 e. The normalized spacial score (nSPS) is 27.6. The molecule has 1 aromatic rings. The molecule has 3 aliphatic heterocycles. The van der Waals surface area contributed by atoms with Gasteiger partial charge in [-0.2, -0.15) is 5.10 Å². The van der Waals surface area contributed by atoms with E-state index in [9.17, 15) is 14.0 Å². The SMILES string of the molecule is CCC1=NNC2C(=O)N(CC(=O)N3CCN(c4ccccc4F)CC3)C3CCCCC3N12. The second-order valence-corrected chi connectivity index (χ2v) is 9.03. The molecule has 5 rings (SSSR count). The summed E-state index contributed by atoms with van der Waals surface area (Å²) in [6.07, 6.45) is 4.44. The lowest BCUT2D eigenvalue weighted by Crippen LogP contribution is -2.70. The van der Waals surface area contributed by atoms with Crippen molar-refractivity contribution in [2.75, 3.05) is 37.6 Å². The number of carbonyl (C=O) groups is 2. The number of fused-ring (bicyclic) bond motifs is 3. The van der Waals surface area contributed by atoms with Gasteiger partial charge in [0.1, 0.15) is 18.2 Å². The first-order valence-corrected chi connectivity index (χ1v) is 11.8. The van der Waals surface area contributed by atoms with Crippen LogP contribution in [0.25, 0.3) is 0 Å². The largest absolute Gasteiger partial charge is 0.366 e. The number of halogens is 1. The zero-order chi connectivity index (χ0) is 22.2. The number of piperazine rings is 2. The third-order valence-electron chi connectivity index (χ3n) is 7.31. The molecular formula is C23H31FN6O2. The molecule has 0 bridgehead atoms. The number of nitrogens with zero attached hydrogens (tertiary/aromatic N) is 5. The minimum atomic E-state index is -0.491. The predicted octanol–water partition coefficient (Wildman–Crippen LogP) is 1.58. The Bertz CT molecular complexity index is 916. The topological polar surface area (TPSA) is 71.5 Å². The van der Waals surface area contributed by atoms with E-state index in [1.807, 2.05) is 15.9 Å². The Morgan fingerprint density at radius 2 is 1.84 bits per heavy atom. The second-order valence-electron chi connectivity index (χ2n) is 9.03. The van der Waals surface area contributed by atoms with Gasteiger partial charge in [-0.1, -0.05) is 31.9 Å². The summed E-state index contributed by atoms with van der Waals surface area (Å²) in [5.74, 6) is 0.616. The van der Waals surface area contributed by atoms with E-state index in [0.29, 0.717) is 31.9 Å². The summed E-state index contributed by atoms with van der Waals surface area (Å²) in [6, 6.07) is 7.01. The van der Waals surface area contributed by atoms with Gasteiger partial charge in [-0.05, 0) is 25.0 Å². The van der Waals surface area contributed by atoms with Crippen molar-refractivity contribution in [1.29, 1.82) is 0 Å². The molecule has 3 heterocycles. The monoisotopic (exact) mass is 442 g/mol. The standard InChI is InChI=1S/C23H31FN6O2/c1-2-20-25-26-22-23(32)29(18-9-5-6-10-19(18)30(20)22)15-21(31)28-13-11-27(12-14-28)17-8-4-3-7-16(17)24/h3-4,7-8,18-19,22,26H,2,5-6,9-15H2,1H3. The summed E-state index contributed by atoms with van der Waals surface area (Å²) in [5.41, 5.74) is 3.59. The summed E-state index contributed by atoms with van der Waals surface area (Å²) in [7, 11) is 0. The van der Waals surface area contributed by atoms with E-state index < -0.39 is 6.17 Å². The molecule has 3 fully saturated rings. The first kappa shape index (κ1) is 21.0. The van der Waals surface area contributed by atoms with E-state index in [4.69, 9.17) is 0 Å². The van der Waals surface area contributed by atoms with Crippen LogP contribution in [-0.2, 0) is 9.59 Å². The van der Waals surface area contributed by atoms with Crippen LogP contribution in [0.3, 0.4) is 0 Å². The predicted molar refractivity (Wildman–Crippen MR) is 119 cm³/mol. The Morgan fingerprint density at radius 3 is 2.56 bits per heavy atom. The van der Waals surface area contributed by atoms with Crippen molar-refractivity contribution in [2.24, 2.45) is 5.10 Å². The van der Waals surface area contributed by atoms with E-state index in [0.717, 1.165) is 37.9 Å². The van der Waals surface area contributed by atoms with Crippen molar-refractivity contribution in [3.8, 4) is 0 Å². The number of carbonyl (C=O) groups excluding carboxylic acids is 2. The summed E-state index contributed by atoms with van der Waals surface area (Å²) >= 11 is 0. The number of amides is 2. The Balaban J connectivity index is 1.25. The minimum Gasteiger partial charge on any atom is -0.366 e. The molecular weight excluding hydrogens is 411 g/mol. The lowest BCUT2D eigenvalue weighted by atomic mass is 9.85. The van der Waals surface area contributed by atoms with Crippen molar-refractivity contribution < 1.29 is 14.0 Å². The molecule has 1 N–H and O–H groups in total. The third kappa shape index (κ3) is 3.57. The molecule has 0 aromatic heterocycles. The highest BCUT2D eigenvalue weighted by Gasteiger charge is 2.51. The molecule has 32 heavy (non-hydrogen) atoms. The van der Waals surface area contributed by atoms with Gasteiger partial charge in [-0.3, -0.25) is 15.0 Å². The second kappa shape index (κ2) is 8.60. The molecule has 9 heteroatoms. The molecule has 8 nitrogen and oxygen atoms in total. The fraction of sp³-hybridized carbons (Fsp3) is 0.609. The molecule has 3 atom stereocenters. The number of rotatable bonds is 4. The Kier molecular flexibility index (Phi) is 5.65. The Labute approximate surface area is 188 Å². The Morgan fingerprint density at radius 1 is 1.12 bits per heavy atom. The molecule has 2 amide bonds. The molecule has 1 aromatic carbocycles. The number of para-hydroxylation sites is 1. The first-order valence-electron chi connectivity index (χ1n) is 11.8. The van der Waals surface area contributed by atoms with Crippen LogP contribution in [0.2, 0.25) is 0 Å². The van der Waals surface area contributed by atoms with Crippen molar-refractivity contribution in [3.63, 3.8) is 0 Å². The number of nitrogens with one attached hydrogen (secondary N) is 1. The van der Waals surface area contributed by atoms with Crippen LogP contribution < -0.4 is 10.3 Å². The van der Waals surface area contributed by atoms with E-state index >= 15 is 0 Å². The van der Waals surface area contributed by atoms with Crippen molar-refractivity contribution in [1.82, 2.24) is 20.1 Å². The summed E-state index contributed by atoms with van der Waals surface area (Å²) in [5, 5.41) is 4.40. The smallest absolute Gasteiger partial charge is 0.268 e. The minimum absolute atomic E-state index is 0.0288. The highest BCUT2D eigenvalue weighted by Crippen LogP contribution is 2.35. The number of hydrogen-bond acceptors (Lipinski definition) is 6. The van der Waals surface area contributed by atoms with Crippen LogP contribution in [0.15, 0.2) is 29.4 Å². The lowest BCUT2D eigenvalue weighted by molar-refractivity contribution is -0.154. The number of amidine groups is 1. The fourth-order valence-corrected chi connectivity index (χ4v) is 5.67. The number of benzene rings is 1. The molecule has 172 valence electrons. The number of anilines is 1. The molecule has 0 radical (unpaired) electrons. The van der Waals surface area contributed by atoms with Gasteiger partial charge in [0, 0.05) is 32.6 Å². The van der Waals surface area contributed by atoms with Crippen LogP contribution in [-0.4, -0.2) is 83.3 Å². The van der Waals surface area contributed by atoms with Gasteiger partial charge in [0.2, 0.25) is 5.91 Å². The maximum atomic E-state index is 14.1. The Hall–Kier alpha value is -2.84. The molecule has 3 unspecified atom stereocenters. The third-order valence-corrected chi connectivity index (χ3v) is 7.31. The fourth-order valence-electron chi connectivity index (χ4n) is 5.67. The zero-order valence-electron chi connectivity index (χ0n) is 18.5. The van der Waals surface area contributed by atoms with Gasteiger partial charge in [0.15, 0.2) is 6.17 Å². The average Bonchev–Trinajstić information content (AvgIpc) is 3.27. The van der Waals surface area contributed by atoms with Crippen LogP contribution in [0, 0.1) is 5.82 Å². The van der Waals surface area contributed by atoms with Crippen molar-refractivity contribution in [2.45, 2.75) is 57.3 Å². The van der Waals surface area contributed by atoms with Gasteiger partial charge in [-0.25, -0.2) is 4.39 Å². The molecule has 0 spiro atoms. The molecule has 2 saturated heterocycles. The quantitative estimate of drug-likeness (QED) is 0.767. The van der Waals surface area contributed by atoms with E-state index in [1.165, 1.54) is 6.07 Å². The van der Waals surface area contributed by atoms with Gasteiger partial charge in [-0.15, -0.1) is 0 Å². The van der Waals surface area contributed by atoms with Crippen LogP contribution >= 0.6 is 0 Å². The van der Waals surface area contributed by atoms with Crippen LogP contribution in [0.1, 0.15) is 39.0 Å². The van der Waals surface area contributed by atoms with E-state index in [-0.39, 0.29) is 36.3 Å². The molecule has 1 saturated carbocycles. The summed E-state index contributed by atoms with van der Waals surface area (Å²) in [6.45, 7) is 4.38. The van der Waals surface area contributed by atoms with Gasteiger partial charge < -0.3 is 19.6 Å². The highest BCUT2D eigenvalue weighted by molar-refractivity contribution is 5.95. The van der Waals surface area contributed by atoms with E-state index in [2.05, 4.69) is 22.4 Å². The van der Waals surface area contributed by atoms with Crippen LogP contribution in [0.4, 0.5) is 10.1 Å². The first-order chi connectivity index (χ1) is 15.6. The lowest BCUT2D eigenvalue weighted by Gasteiger charge is -2.51. The number of hydrazone groups is 1.